The van der Waals surface area contributed by atoms with Crippen molar-refractivity contribution in [3.05, 3.63) is 68.7 Å². The standard InChI is InChI=1S/C18H17BrO/c1-12-6-9-16(17(19)10-12)18(20)15-8-7-13-4-2-3-5-14(13)11-15/h6-11H,2-5H2,1H3. The fourth-order valence-electron chi connectivity index (χ4n) is 2.83. The van der Waals surface area contributed by atoms with Crippen molar-refractivity contribution in [2.45, 2.75) is 32.6 Å². The molecule has 0 aliphatic heterocycles. The number of hydrogen-bond acceptors (Lipinski definition) is 1. The topological polar surface area (TPSA) is 17.1 Å². The van der Waals surface area contributed by atoms with Crippen molar-refractivity contribution < 1.29 is 4.79 Å². The van der Waals surface area contributed by atoms with Crippen molar-refractivity contribution in [1.29, 1.82) is 0 Å². The van der Waals surface area contributed by atoms with Crippen molar-refractivity contribution in [3.63, 3.8) is 0 Å². The second-order valence-electron chi connectivity index (χ2n) is 5.50. The maximum atomic E-state index is 12.6. The van der Waals surface area contributed by atoms with Crippen LogP contribution in [0.3, 0.4) is 0 Å². The first-order valence-electron chi connectivity index (χ1n) is 7.08. The van der Waals surface area contributed by atoms with Gasteiger partial charge in [0.05, 0.1) is 0 Å². The first-order valence-corrected chi connectivity index (χ1v) is 7.87. The molecule has 102 valence electrons. The molecule has 0 heterocycles. The molecule has 3 rings (SSSR count). The predicted molar refractivity (Wildman–Crippen MR) is 85.4 cm³/mol. The van der Waals surface area contributed by atoms with Gasteiger partial charge in [0.25, 0.3) is 0 Å². The Morgan fingerprint density at radius 3 is 2.50 bits per heavy atom. The van der Waals surface area contributed by atoms with Crippen LogP contribution in [-0.2, 0) is 12.8 Å². The van der Waals surface area contributed by atoms with Crippen molar-refractivity contribution in [3.8, 4) is 0 Å². The van der Waals surface area contributed by atoms with Crippen LogP contribution in [0.25, 0.3) is 0 Å². The molecule has 1 nitrogen and oxygen atoms in total. The average molecular weight is 329 g/mol. The molecule has 0 saturated heterocycles. The van der Waals surface area contributed by atoms with Crippen LogP contribution in [0.1, 0.15) is 45.5 Å². The number of carbonyl (C=O) groups is 1. The Labute approximate surface area is 128 Å². The quantitative estimate of drug-likeness (QED) is 0.719. The lowest BCUT2D eigenvalue weighted by Crippen LogP contribution is -2.07. The van der Waals surface area contributed by atoms with Crippen LogP contribution in [0.2, 0.25) is 0 Å². The molecule has 20 heavy (non-hydrogen) atoms. The Morgan fingerprint density at radius 1 is 1.00 bits per heavy atom. The van der Waals surface area contributed by atoms with Gasteiger partial charge in [0.2, 0.25) is 0 Å². The fourth-order valence-corrected chi connectivity index (χ4v) is 3.51. The minimum atomic E-state index is 0.102. The number of hydrogen-bond donors (Lipinski definition) is 0. The van der Waals surface area contributed by atoms with E-state index < -0.39 is 0 Å². The lowest BCUT2D eigenvalue weighted by molar-refractivity contribution is 0.103. The van der Waals surface area contributed by atoms with Gasteiger partial charge in [-0.15, -0.1) is 0 Å². The average Bonchev–Trinajstić information content (AvgIpc) is 2.46. The summed E-state index contributed by atoms with van der Waals surface area (Å²) in [4.78, 5) is 12.6. The van der Waals surface area contributed by atoms with Gasteiger partial charge in [0, 0.05) is 15.6 Å². The van der Waals surface area contributed by atoms with Gasteiger partial charge < -0.3 is 0 Å². The summed E-state index contributed by atoms with van der Waals surface area (Å²) in [5, 5.41) is 0. The Kier molecular flexibility index (Phi) is 3.75. The second kappa shape index (κ2) is 5.53. The highest BCUT2D eigenvalue weighted by atomic mass is 79.9. The molecule has 0 fully saturated rings. The van der Waals surface area contributed by atoms with E-state index in [1.54, 1.807) is 0 Å². The number of aryl methyl sites for hydroxylation is 3. The summed E-state index contributed by atoms with van der Waals surface area (Å²) in [5.41, 5.74) is 5.46. The van der Waals surface area contributed by atoms with Crippen LogP contribution in [-0.4, -0.2) is 5.78 Å². The lowest BCUT2D eigenvalue weighted by atomic mass is 9.89. The van der Waals surface area contributed by atoms with Gasteiger partial charge in [0.1, 0.15) is 0 Å². The highest BCUT2D eigenvalue weighted by molar-refractivity contribution is 9.10. The maximum absolute atomic E-state index is 12.6. The molecule has 1 aliphatic carbocycles. The van der Waals surface area contributed by atoms with Gasteiger partial charge in [-0.25, -0.2) is 0 Å². The third-order valence-electron chi connectivity index (χ3n) is 3.98. The molecule has 0 unspecified atom stereocenters. The van der Waals surface area contributed by atoms with Crippen LogP contribution < -0.4 is 0 Å². The third-order valence-corrected chi connectivity index (χ3v) is 4.64. The molecule has 0 amide bonds. The summed E-state index contributed by atoms with van der Waals surface area (Å²) in [6, 6.07) is 12.1. The normalized spacial score (nSPS) is 13.9. The van der Waals surface area contributed by atoms with Crippen molar-refractivity contribution >= 4 is 21.7 Å². The molecule has 0 bridgehead atoms. The molecule has 2 heteroatoms. The monoisotopic (exact) mass is 328 g/mol. The minimum Gasteiger partial charge on any atom is -0.289 e. The van der Waals surface area contributed by atoms with Crippen molar-refractivity contribution in [2.24, 2.45) is 0 Å². The molecule has 0 N–H and O–H groups in total. The van der Waals surface area contributed by atoms with E-state index in [-0.39, 0.29) is 5.78 Å². The number of benzene rings is 2. The number of ketones is 1. The first-order chi connectivity index (χ1) is 9.65. The van der Waals surface area contributed by atoms with E-state index in [1.807, 2.05) is 31.2 Å². The Balaban J connectivity index is 1.98. The highest BCUT2D eigenvalue weighted by Crippen LogP contribution is 2.25. The Morgan fingerprint density at radius 2 is 1.75 bits per heavy atom. The van der Waals surface area contributed by atoms with E-state index in [9.17, 15) is 4.79 Å². The van der Waals surface area contributed by atoms with E-state index in [0.29, 0.717) is 0 Å². The molecule has 0 radical (unpaired) electrons. The van der Waals surface area contributed by atoms with E-state index >= 15 is 0 Å². The van der Waals surface area contributed by atoms with Crippen molar-refractivity contribution in [1.82, 2.24) is 0 Å². The van der Waals surface area contributed by atoms with Gasteiger partial charge in [-0.05, 0) is 67.5 Å². The van der Waals surface area contributed by atoms with Crippen LogP contribution in [0.5, 0.6) is 0 Å². The van der Waals surface area contributed by atoms with Gasteiger partial charge in [-0.2, -0.15) is 0 Å². The third kappa shape index (κ3) is 2.57. The van der Waals surface area contributed by atoms with E-state index in [4.69, 9.17) is 0 Å². The van der Waals surface area contributed by atoms with Crippen LogP contribution >= 0.6 is 15.9 Å². The van der Waals surface area contributed by atoms with Gasteiger partial charge >= 0.3 is 0 Å². The molecule has 0 atom stereocenters. The molecule has 0 aromatic heterocycles. The molecule has 0 spiro atoms. The molecule has 2 aromatic carbocycles. The van der Waals surface area contributed by atoms with Gasteiger partial charge in [0.15, 0.2) is 5.78 Å². The summed E-state index contributed by atoms with van der Waals surface area (Å²) < 4.78 is 0.875. The molecule has 0 saturated carbocycles. The molecule has 2 aromatic rings. The van der Waals surface area contributed by atoms with Crippen molar-refractivity contribution in [2.75, 3.05) is 0 Å². The predicted octanol–water partition coefficient (Wildman–Crippen LogP) is 4.87. The van der Waals surface area contributed by atoms with Crippen LogP contribution in [0, 0.1) is 6.92 Å². The zero-order chi connectivity index (χ0) is 14.1. The van der Waals surface area contributed by atoms with E-state index in [0.717, 1.165) is 34.0 Å². The van der Waals surface area contributed by atoms with Crippen LogP contribution in [0.15, 0.2) is 40.9 Å². The summed E-state index contributed by atoms with van der Waals surface area (Å²) in [6.07, 6.45) is 4.76. The maximum Gasteiger partial charge on any atom is 0.194 e. The zero-order valence-electron chi connectivity index (χ0n) is 11.6. The molecular formula is C18H17BrO. The summed E-state index contributed by atoms with van der Waals surface area (Å²) in [6.45, 7) is 2.03. The zero-order valence-corrected chi connectivity index (χ0v) is 13.2. The number of carbonyl (C=O) groups excluding carboxylic acids is 1. The molecule has 1 aliphatic rings. The Bertz CT molecular complexity index is 673. The lowest BCUT2D eigenvalue weighted by Gasteiger charge is -2.16. The SMILES string of the molecule is Cc1ccc(C(=O)c2ccc3c(c2)CCCC3)c(Br)c1. The number of fused-ring (bicyclic) bond motifs is 1. The summed E-state index contributed by atoms with van der Waals surface area (Å²) in [7, 11) is 0. The van der Waals surface area contributed by atoms with Gasteiger partial charge in [-0.1, -0.05) is 34.1 Å². The smallest absolute Gasteiger partial charge is 0.194 e. The fraction of sp³-hybridized carbons (Fsp3) is 0.278. The number of halogens is 1. The largest absolute Gasteiger partial charge is 0.289 e. The first kappa shape index (κ1) is 13.6. The van der Waals surface area contributed by atoms with Gasteiger partial charge in [-0.3, -0.25) is 4.79 Å². The summed E-state index contributed by atoms with van der Waals surface area (Å²) >= 11 is 3.50. The molecular weight excluding hydrogens is 312 g/mol. The minimum absolute atomic E-state index is 0.102. The van der Waals surface area contributed by atoms with E-state index in [1.165, 1.54) is 24.0 Å². The summed E-state index contributed by atoms with van der Waals surface area (Å²) in [5.74, 6) is 0.102. The second-order valence-corrected chi connectivity index (χ2v) is 6.36. The van der Waals surface area contributed by atoms with Crippen LogP contribution in [0.4, 0.5) is 0 Å². The Hall–Kier alpha value is -1.41. The highest BCUT2D eigenvalue weighted by Gasteiger charge is 2.16. The van der Waals surface area contributed by atoms with E-state index in [2.05, 4.69) is 28.1 Å². The number of rotatable bonds is 2.